The van der Waals surface area contributed by atoms with Crippen molar-refractivity contribution in [2.75, 3.05) is 0 Å². The highest BCUT2D eigenvalue weighted by Gasteiger charge is 2.19. The molecule has 3 heteroatoms. The van der Waals surface area contributed by atoms with Crippen LogP contribution in [0.1, 0.15) is 71.0 Å². The van der Waals surface area contributed by atoms with Crippen molar-refractivity contribution in [3.63, 3.8) is 0 Å². The number of halogens is 1. The fourth-order valence-electron chi connectivity index (χ4n) is 2.78. The Kier molecular flexibility index (Phi) is 4.94. The zero-order chi connectivity index (χ0) is 13.9. The number of hydrogen-bond acceptors (Lipinski definition) is 1. The van der Waals surface area contributed by atoms with E-state index in [0.29, 0.717) is 11.5 Å². The van der Waals surface area contributed by atoms with Gasteiger partial charge in [-0.1, -0.05) is 33.6 Å². The summed E-state index contributed by atoms with van der Waals surface area (Å²) in [6, 6.07) is 2.78. The predicted molar refractivity (Wildman–Crippen MR) is 81.8 cm³/mol. The van der Waals surface area contributed by atoms with Gasteiger partial charge in [0.1, 0.15) is 0 Å². The fraction of sp³-hybridized carbons (Fsp3) is 0.812. The molecule has 0 spiro atoms. The molecule has 2 nitrogen and oxygen atoms in total. The van der Waals surface area contributed by atoms with Crippen molar-refractivity contribution in [1.29, 1.82) is 0 Å². The Bertz CT molecular complexity index is 386. The van der Waals surface area contributed by atoms with Crippen molar-refractivity contribution >= 4 is 11.6 Å². The van der Waals surface area contributed by atoms with Gasteiger partial charge in [0.05, 0.1) is 11.7 Å². The Labute approximate surface area is 122 Å². The molecule has 1 aliphatic rings. The average Bonchev–Trinajstić information content (AvgIpc) is 2.94. The van der Waals surface area contributed by atoms with Gasteiger partial charge in [-0.25, -0.2) is 0 Å². The van der Waals surface area contributed by atoms with Crippen molar-refractivity contribution in [3.8, 4) is 0 Å². The highest BCUT2D eigenvalue weighted by atomic mass is 35.5. The molecule has 0 radical (unpaired) electrons. The van der Waals surface area contributed by atoms with Gasteiger partial charge in [0.2, 0.25) is 0 Å². The van der Waals surface area contributed by atoms with Crippen LogP contribution in [-0.2, 0) is 6.42 Å². The maximum Gasteiger partial charge on any atom is 0.0639 e. The highest BCUT2D eigenvalue weighted by Crippen LogP contribution is 2.29. The summed E-state index contributed by atoms with van der Waals surface area (Å²) in [5, 5.41) is 4.92. The molecular formula is C16H27ClN2. The van der Waals surface area contributed by atoms with Crippen molar-refractivity contribution in [1.82, 2.24) is 9.78 Å². The summed E-state index contributed by atoms with van der Waals surface area (Å²) < 4.78 is 2.16. The lowest BCUT2D eigenvalue weighted by atomic mass is 9.89. The molecule has 1 atom stereocenters. The summed E-state index contributed by atoms with van der Waals surface area (Å²) in [6.07, 6.45) is 10.6. The number of rotatable bonds is 5. The summed E-state index contributed by atoms with van der Waals surface area (Å²) in [6.45, 7) is 6.81. The van der Waals surface area contributed by atoms with E-state index in [0.717, 1.165) is 18.5 Å². The van der Waals surface area contributed by atoms with Gasteiger partial charge in [-0.15, -0.1) is 11.6 Å². The molecule has 0 N–H and O–H groups in total. The van der Waals surface area contributed by atoms with Gasteiger partial charge >= 0.3 is 0 Å². The highest BCUT2D eigenvalue weighted by molar-refractivity contribution is 6.20. The summed E-state index contributed by atoms with van der Waals surface area (Å²) in [7, 11) is 0. The molecule has 1 aromatic heterocycles. The third-order valence-electron chi connectivity index (χ3n) is 4.00. The molecule has 108 valence electrons. The number of aromatic nitrogens is 2. The van der Waals surface area contributed by atoms with Crippen LogP contribution in [0.3, 0.4) is 0 Å². The van der Waals surface area contributed by atoms with Crippen LogP contribution in [-0.4, -0.2) is 15.2 Å². The summed E-state index contributed by atoms with van der Waals surface area (Å²) >= 11 is 6.44. The SMILES string of the molecule is CC(C)(C)CCC(Cl)Cc1ccn(C2CCCC2)n1. The Morgan fingerprint density at radius 2 is 2.05 bits per heavy atom. The maximum atomic E-state index is 6.44. The molecule has 1 unspecified atom stereocenters. The van der Waals surface area contributed by atoms with E-state index >= 15 is 0 Å². The minimum atomic E-state index is 0.214. The lowest BCUT2D eigenvalue weighted by molar-refractivity contribution is 0.361. The second-order valence-corrected chi connectivity index (χ2v) is 7.74. The van der Waals surface area contributed by atoms with Gasteiger partial charge in [0, 0.05) is 18.0 Å². The van der Waals surface area contributed by atoms with E-state index in [9.17, 15) is 0 Å². The number of hydrogen-bond donors (Lipinski definition) is 0. The third-order valence-corrected chi connectivity index (χ3v) is 4.37. The first-order valence-corrected chi connectivity index (χ1v) is 8.06. The van der Waals surface area contributed by atoms with Gasteiger partial charge in [-0.05, 0) is 37.2 Å². The van der Waals surface area contributed by atoms with Gasteiger partial charge in [0.15, 0.2) is 0 Å². The molecule has 1 heterocycles. The van der Waals surface area contributed by atoms with Crippen molar-refractivity contribution in [2.45, 2.75) is 77.1 Å². The Hall–Kier alpha value is -0.500. The molecule has 2 rings (SSSR count). The zero-order valence-corrected chi connectivity index (χ0v) is 13.3. The Morgan fingerprint density at radius 1 is 1.37 bits per heavy atom. The normalized spacial score (nSPS) is 18.9. The van der Waals surface area contributed by atoms with Gasteiger partial charge < -0.3 is 0 Å². The Balaban J connectivity index is 1.82. The van der Waals surface area contributed by atoms with E-state index in [1.165, 1.54) is 32.1 Å². The molecule has 0 aromatic carbocycles. The topological polar surface area (TPSA) is 17.8 Å². The zero-order valence-electron chi connectivity index (χ0n) is 12.5. The minimum Gasteiger partial charge on any atom is -0.269 e. The molecule has 1 aromatic rings. The molecular weight excluding hydrogens is 256 g/mol. The van der Waals surface area contributed by atoms with Crippen LogP contribution in [0.5, 0.6) is 0 Å². The quantitative estimate of drug-likeness (QED) is 0.697. The van der Waals surface area contributed by atoms with Crippen molar-refractivity contribution in [3.05, 3.63) is 18.0 Å². The Morgan fingerprint density at radius 3 is 2.68 bits per heavy atom. The van der Waals surface area contributed by atoms with Gasteiger partial charge in [-0.2, -0.15) is 5.10 Å². The van der Waals surface area contributed by atoms with Crippen LogP contribution in [0.25, 0.3) is 0 Å². The molecule has 0 aliphatic heterocycles. The van der Waals surface area contributed by atoms with E-state index in [1.54, 1.807) is 0 Å². The third kappa shape index (κ3) is 4.83. The minimum absolute atomic E-state index is 0.214. The van der Waals surface area contributed by atoms with Gasteiger partial charge in [-0.3, -0.25) is 4.68 Å². The summed E-state index contributed by atoms with van der Waals surface area (Å²) in [4.78, 5) is 0. The van der Waals surface area contributed by atoms with E-state index in [-0.39, 0.29) is 5.38 Å². The molecule has 19 heavy (non-hydrogen) atoms. The lowest BCUT2D eigenvalue weighted by Crippen LogP contribution is -2.12. The number of nitrogens with zero attached hydrogens (tertiary/aromatic N) is 2. The van der Waals surface area contributed by atoms with E-state index in [1.807, 2.05) is 0 Å². The average molecular weight is 283 g/mol. The first-order valence-electron chi connectivity index (χ1n) is 7.62. The van der Waals surface area contributed by atoms with E-state index < -0.39 is 0 Å². The van der Waals surface area contributed by atoms with Gasteiger partial charge in [0.25, 0.3) is 0 Å². The number of alkyl halides is 1. The summed E-state index contributed by atoms with van der Waals surface area (Å²) in [5.74, 6) is 0. The van der Waals surface area contributed by atoms with Crippen LogP contribution in [0.4, 0.5) is 0 Å². The fourth-order valence-corrected chi connectivity index (χ4v) is 3.04. The van der Waals surface area contributed by atoms with Crippen LogP contribution < -0.4 is 0 Å². The molecule has 0 amide bonds. The monoisotopic (exact) mass is 282 g/mol. The van der Waals surface area contributed by atoms with E-state index in [2.05, 4.69) is 37.7 Å². The predicted octanol–water partition coefficient (Wildman–Crippen LogP) is 4.97. The molecule has 1 saturated carbocycles. The molecule has 0 saturated heterocycles. The maximum absolute atomic E-state index is 6.44. The second kappa shape index (κ2) is 6.30. The largest absolute Gasteiger partial charge is 0.269 e. The molecule has 0 bridgehead atoms. The standard InChI is InChI=1S/C16H27ClN2/c1-16(2,3)10-8-13(17)12-14-9-11-19(18-14)15-6-4-5-7-15/h9,11,13,15H,4-8,10,12H2,1-3H3. The lowest BCUT2D eigenvalue weighted by Gasteiger charge is -2.19. The van der Waals surface area contributed by atoms with Crippen molar-refractivity contribution < 1.29 is 0 Å². The first-order chi connectivity index (χ1) is 8.94. The second-order valence-electron chi connectivity index (χ2n) is 7.13. The first kappa shape index (κ1) is 14.9. The van der Waals surface area contributed by atoms with E-state index in [4.69, 9.17) is 16.7 Å². The molecule has 1 fully saturated rings. The van der Waals surface area contributed by atoms with Crippen LogP contribution in [0.15, 0.2) is 12.3 Å². The van der Waals surface area contributed by atoms with Crippen LogP contribution in [0.2, 0.25) is 0 Å². The summed E-state index contributed by atoms with van der Waals surface area (Å²) in [5.41, 5.74) is 1.52. The smallest absolute Gasteiger partial charge is 0.0639 e. The van der Waals surface area contributed by atoms with Crippen molar-refractivity contribution in [2.24, 2.45) is 5.41 Å². The van der Waals surface area contributed by atoms with Crippen LogP contribution >= 0.6 is 11.6 Å². The van der Waals surface area contributed by atoms with Crippen LogP contribution in [0, 0.1) is 5.41 Å². The molecule has 1 aliphatic carbocycles.